The normalized spacial score (nSPS) is 29.6. The topological polar surface area (TPSA) is 95.9 Å². The first-order valence-corrected chi connectivity index (χ1v) is 10.4. The number of carboxylic acids is 1. The summed E-state index contributed by atoms with van der Waals surface area (Å²) in [6.45, 7) is 5.25. The Labute approximate surface area is 150 Å². The number of halogens is 3. The van der Waals surface area contributed by atoms with Gasteiger partial charge in [-0.1, -0.05) is 6.42 Å². The standard InChI is InChI=1S/C13H24N2O3S.C2HF3O2/c1-19(16,17)14-8-13-9-15(5-11-3-2-4-11)6-12(13)7-18-10-13;3-2(4,5)1(6)7/h11-12,14H,2-10H2,1H3;(H,6,7)/t12-,13+;/m1./s1. The predicted octanol–water partition coefficient (Wildman–Crippen LogP) is 0.917. The van der Waals surface area contributed by atoms with E-state index in [1.54, 1.807) is 0 Å². The molecule has 2 heterocycles. The zero-order valence-electron chi connectivity index (χ0n) is 14.6. The predicted molar refractivity (Wildman–Crippen MR) is 87.1 cm³/mol. The van der Waals surface area contributed by atoms with E-state index in [0.717, 1.165) is 25.6 Å². The molecule has 2 N–H and O–H groups in total. The molecule has 0 bridgehead atoms. The number of aliphatic carboxylic acids is 1. The van der Waals surface area contributed by atoms with Crippen molar-refractivity contribution in [2.45, 2.75) is 25.4 Å². The quantitative estimate of drug-likeness (QED) is 0.710. The highest BCUT2D eigenvalue weighted by atomic mass is 32.2. The maximum atomic E-state index is 11.3. The summed E-state index contributed by atoms with van der Waals surface area (Å²) in [5.74, 6) is -1.39. The molecule has 2 aliphatic heterocycles. The van der Waals surface area contributed by atoms with Crippen LogP contribution in [0.5, 0.6) is 0 Å². The van der Waals surface area contributed by atoms with Gasteiger partial charge in [0.25, 0.3) is 0 Å². The second-order valence-electron chi connectivity index (χ2n) is 7.46. The molecule has 0 amide bonds. The second-order valence-corrected chi connectivity index (χ2v) is 9.29. The number of fused-ring (bicyclic) bond motifs is 1. The third-order valence-electron chi connectivity index (χ3n) is 5.26. The van der Waals surface area contributed by atoms with Crippen molar-refractivity contribution in [2.75, 3.05) is 45.6 Å². The van der Waals surface area contributed by atoms with E-state index in [-0.39, 0.29) is 5.41 Å². The Hall–Kier alpha value is -0.910. The molecule has 3 aliphatic rings. The van der Waals surface area contributed by atoms with Crippen molar-refractivity contribution in [3.8, 4) is 0 Å². The van der Waals surface area contributed by atoms with Crippen LogP contribution in [-0.4, -0.2) is 76.2 Å². The van der Waals surface area contributed by atoms with Gasteiger partial charge in [-0.15, -0.1) is 0 Å². The molecule has 0 spiro atoms. The van der Waals surface area contributed by atoms with Gasteiger partial charge in [-0.05, 0) is 18.8 Å². The van der Waals surface area contributed by atoms with Crippen molar-refractivity contribution in [3.63, 3.8) is 0 Å². The molecule has 2 saturated heterocycles. The highest BCUT2D eigenvalue weighted by Gasteiger charge is 2.50. The highest BCUT2D eigenvalue weighted by molar-refractivity contribution is 7.88. The van der Waals surface area contributed by atoms with E-state index in [1.165, 1.54) is 32.1 Å². The van der Waals surface area contributed by atoms with Gasteiger partial charge in [0.2, 0.25) is 10.0 Å². The van der Waals surface area contributed by atoms with E-state index in [1.807, 2.05) is 0 Å². The van der Waals surface area contributed by atoms with Crippen LogP contribution < -0.4 is 4.72 Å². The first kappa shape index (κ1) is 21.4. The number of ether oxygens (including phenoxy) is 1. The third-order valence-corrected chi connectivity index (χ3v) is 5.93. The summed E-state index contributed by atoms with van der Waals surface area (Å²) in [5, 5.41) is 7.12. The van der Waals surface area contributed by atoms with Crippen LogP contribution in [0.1, 0.15) is 19.3 Å². The number of hydrogen-bond donors (Lipinski definition) is 2. The van der Waals surface area contributed by atoms with Gasteiger partial charge < -0.3 is 14.7 Å². The van der Waals surface area contributed by atoms with Gasteiger partial charge in [-0.25, -0.2) is 17.9 Å². The monoisotopic (exact) mass is 402 g/mol. The average molecular weight is 402 g/mol. The molecular weight excluding hydrogens is 377 g/mol. The molecule has 152 valence electrons. The van der Waals surface area contributed by atoms with Crippen LogP contribution in [0.4, 0.5) is 13.2 Å². The van der Waals surface area contributed by atoms with Gasteiger partial charge in [0.05, 0.1) is 19.5 Å². The lowest BCUT2D eigenvalue weighted by atomic mass is 9.81. The van der Waals surface area contributed by atoms with Crippen LogP contribution in [0.25, 0.3) is 0 Å². The largest absolute Gasteiger partial charge is 0.490 e. The molecule has 11 heteroatoms. The molecule has 2 atom stereocenters. The zero-order chi connectivity index (χ0) is 19.6. The summed E-state index contributed by atoms with van der Waals surface area (Å²) in [5.41, 5.74) is 0.00677. The van der Waals surface area contributed by atoms with Crippen LogP contribution in [0.3, 0.4) is 0 Å². The molecule has 1 saturated carbocycles. The minimum atomic E-state index is -5.08. The fraction of sp³-hybridized carbons (Fsp3) is 0.933. The first-order valence-electron chi connectivity index (χ1n) is 8.46. The van der Waals surface area contributed by atoms with Gasteiger partial charge in [-0.3, -0.25) is 0 Å². The molecule has 0 aromatic carbocycles. The van der Waals surface area contributed by atoms with Gasteiger partial charge in [0, 0.05) is 37.5 Å². The van der Waals surface area contributed by atoms with Crippen molar-refractivity contribution in [1.82, 2.24) is 9.62 Å². The Morgan fingerprint density at radius 3 is 2.46 bits per heavy atom. The Morgan fingerprint density at radius 2 is 2.00 bits per heavy atom. The maximum Gasteiger partial charge on any atom is 0.490 e. The smallest absolute Gasteiger partial charge is 0.475 e. The maximum absolute atomic E-state index is 11.3. The van der Waals surface area contributed by atoms with E-state index >= 15 is 0 Å². The van der Waals surface area contributed by atoms with E-state index in [9.17, 15) is 21.6 Å². The van der Waals surface area contributed by atoms with Crippen LogP contribution in [-0.2, 0) is 19.6 Å². The lowest BCUT2D eigenvalue weighted by molar-refractivity contribution is -0.192. The van der Waals surface area contributed by atoms with Crippen LogP contribution in [0, 0.1) is 17.3 Å². The Morgan fingerprint density at radius 1 is 1.38 bits per heavy atom. The molecule has 0 aromatic heterocycles. The number of nitrogens with one attached hydrogen (secondary N) is 1. The number of carboxylic acid groups (broad SMARTS) is 1. The number of nitrogens with zero attached hydrogens (tertiary/aromatic N) is 1. The Balaban J connectivity index is 0.000000298. The van der Waals surface area contributed by atoms with Crippen molar-refractivity contribution < 1.29 is 36.2 Å². The van der Waals surface area contributed by atoms with E-state index < -0.39 is 22.2 Å². The lowest BCUT2D eigenvalue weighted by Crippen LogP contribution is -2.43. The average Bonchev–Trinajstić information content (AvgIpc) is 2.96. The summed E-state index contributed by atoms with van der Waals surface area (Å²) in [7, 11) is -3.11. The number of sulfonamides is 1. The first-order chi connectivity index (χ1) is 11.9. The number of hydrogen-bond acceptors (Lipinski definition) is 5. The van der Waals surface area contributed by atoms with Gasteiger partial charge in [-0.2, -0.15) is 13.2 Å². The molecular formula is C15H25F3N2O5S. The van der Waals surface area contributed by atoms with Crippen LogP contribution >= 0.6 is 0 Å². The lowest BCUT2D eigenvalue weighted by Gasteiger charge is -2.31. The summed E-state index contributed by atoms with van der Waals surface area (Å²) in [4.78, 5) is 11.4. The molecule has 26 heavy (non-hydrogen) atoms. The van der Waals surface area contributed by atoms with Crippen molar-refractivity contribution in [1.29, 1.82) is 0 Å². The Bertz CT molecular complexity index is 609. The van der Waals surface area contributed by atoms with Gasteiger partial charge in [0.15, 0.2) is 0 Å². The number of alkyl halides is 3. The summed E-state index contributed by atoms with van der Waals surface area (Å²) in [6, 6.07) is 0. The number of likely N-dealkylation sites (tertiary alicyclic amines) is 1. The molecule has 1 aliphatic carbocycles. The molecule has 0 radical (unpaired) electrons. The molecule has 3 rings (SSSR count). The molecule has 7 nitrogen and oxygen atoms in total. The Kier molecular flexibility index (Phi) is 6.57. The second kappa shape index (κ2) is 7.99. The summed E-state index contributed by atoms with van der Waals surface area (Å²) < 4.78 is 62.7. The van der Waals surface area contributed by atoms with Crippen molar-refractivity contribution in [3.05, 3.63) is 0 Å². The van der Waals surface area contributed by atoms with E-state index in [4.69, 9.17) is 14.6 Å². The zero-order valence-corrected chi connectivity index (χ0v) is 15.4. The number of rotatable bonds is 5. The van der Waals surface area contributed by atoms with Crippen molar-refractivity contribution in [2.24, 2.45) is 17.3 Å². The molecule has 3 fully saturated rings. The van der Waals surface area contributed by atoms with E-state index in [0.29, 0.717) is 19.1 Å². The molecule has 0 unspecified atom stereocenters. The van der Waals surface area contributed by atoms with Crippen molar-refractivity contribution >= 4 is 16.0 Å². The summed E-state index contributed by atoms with van der Waals surface area (Å²) in [6.07, 6.45) is 0.264. The van der Waals surface area contributed by atoms with E-state index in [2.05, 4.69) is 9.62 Å². The van der Waals surface area contributed by atoms with Crippen LogP contribution in [0.15, 0.2) is 0 Å². The SMILES string of the molecule is CS(=O)(=O)NC[C@]12COC[C@H]1CN(CC1CCC1)C2.O=C(O)C(F)(F)F. The molecule has 0 aromatic rings. The fourth-order valence-electron chi connectivity index (χ4n) is 3.65. The van der Waals surface area contributed by atoms with Gasteiger partial charge >= 0.3 is 12.1 Å². The van der Waals surface area contributed by atoms with Crippen LogP contribution in [0.2, 0.25) is 0 Å². The summed E-state index contributed by atoms with van der Waals surface area (Å²) >= 11 is 0. The number of carbonyl (C=O) groups is 1. The minimum Gasteiger partial charge on any atom is -0.475 e. The highest BCUT2D eigenvalue weighted by Crippen LogP contribution is 2.42. The fourth-order valence-corrected chi connectivity index (χ4v) is 4.20. The van der Waals surface area contributed by atoms with Gasteiger partial charge in [0.1, 0.15) is 0 Å². The minimum absolute atomic E-state index is 0.00677. The third kappa shape index (κ3) is 5.80.